The van der Waals surface area contributed by atoms with Crippen LogP contribution in [-0.2, 0) is 9.53 Å². The Morgan fingerprint density at radius 2 is 2.04 bits per heavy atom. The Kier molecular flexibility index (Phi) is 4.44. The van der Waals surface area contributed by atoms with E-state index in [1.807, 2.05) is 0 Å². The van der Waals surface area contributed by atoms with Gasteiger partial charge in [0.25, 0.3) is 5.89 Å². The summed E-state index contributed by atoms with van der Waals surface area (Å²) < 4.78 is 10.6. The molecular weight excluding hydrogens is 334 g/mol. The van der Waals surface area contributed by atoms with E-state index in [0.29, 0.717) is 29.6 Å². The topological polar surface area (TPSA) is 85.5 Å². The Morgan fingerprint density at radius 1 is 1.27 bits per heavy atom. The number of amides is 1. The number of rotatable bonds is 5. The van der Waals surface area contributed by atoms with Gasteiger partial charge in [0.05, 0.1) is 5.56 Å². The molecule has 1 atom stereocenters. The third kappa shape index (κ3) is 3.47. The zero-order chi connectivity index (χ0) is 18.1. The number of aromatic nitrogens is 2. The van der Waals surface area contributed by atoms with Crippen molar-refractivity contribution in [1.82, 2.24) is 10.1 Å². The highest BCUT2D eigenvalue weighted by Crippen LogP contribution is 2.38. The average Bonchev–Trinajstić information content (AvgIpc) is 3.39. The van der Waals surface area contributed by atoms with Crippen LogP contribution in [0.5, 0.6) is 0 Å². The number of ether oxygens (including phenoxy) is 1. The predicted molar refractivity (Wildman–Crippen MR) is 92.7 cm³/mol. The monoisotopic (exact) mass is 355 g/mol. The second-order valence-electron chi connectivity index (χ2n) is 6.86. The van der Waals surface area contributed by atoms with E-state index in [1.54, 1.807) is 36.1 Å². The quantitative estimate of drug-likeness (QED) is 0.764. The van der Waals surface area contributed by atoms with Crippen LogP contribution < -0.4 is 4.90 Å². The van der Waals surface area contributed by atoms with Crippen LogP contribution in [0.25, 0.3) is 0 Å². The fourth-order valence-electron chi connectivity index (χ4n) is 3.06. The minimum absolute atomic E-state index is 0.128. The summed E-state index contributed by atoms with van der Waals surface area (Å²) in [6.45, 7) is 2.43. The standard InChI is InChI=1S/C19H21N3O4/c1-12(18-20-17(21-26-18)13-5-6-13)25-19(24)14-7-9-15(10-8-14)22-11-3-2-4-16(22)23/h7-10,12-13H,2-6,11H2,1H3/t12-/m0/s1. The maximum atomic E-state index is 12.3. The van der Waals surface area contributed by atoms with Gasteiger partial charge in [0.15, 0.2) is 11.9 Å². The molecule has 0 radical (unpaired) electrons. The van der Waals surface area contributed by atoms with E-state index in [2.05, 4.69) is 10.1 Å². The third-order valence-electron chi connectivity index (χ3n) is 4.77. The molecule has 0 unspecified atom stereocenters. The van der Waals surface area contributed by atoms with Gasteiger partial charge >= 0.3 is 5.97 Å². The van der Waals surface area contributed by atoms with E-state index in [1.165, 1.54) is 0 Å². The minimum atomic E-state index is -0.606. The lowest BCUT2D eigenvalue weighted by Crippen LogP contribution is -2.35. The molecule has 2 heterocycles. The van der Waals surface area contributed by atoms with E-state index < -0.39 is 12.1 Å². The zero-order valence-electron chi connectivity index (χ0n) is 14.7. The molecule has 2 aromatic rings. The molecule has 1 saturated heterocycles. The molecule has 136 valence electrons. The molecule has 1 aliphatic heterocycles. The molecule has 4 rings (SSSR count). The molecule has 1 aromatic heterocycles. The van der Waals surface area contributed by atoms with Crippen LogP contribution in [0.15, 0.2) is 28.8 Å². The Bertz CT molecular complexity index is 810. The molecule has 0 spiro atoms. The molecule has 0 N–H and O–H groups in total. The highest BCUT2D eigenvalue weighted by molar-refractivity contribution is 5.95. The highest BCUT2D eigenvalue weighted by atomic mass is 16.6. The van der Waals surface area contributed by atoms with Gasteiger partial charge in [0, 0.05) is 24.6 Å². The van der Waals surface area contributed by atoms with Crippen molar-refractivity contribution in [2.45, 2.75) is 51.0 Å². The van der Waals surface area contributed by atoms with Crippen molar-refractivity contribution < 1.29 is 18.8 Å². The predicted octanol–water partition coefficient (Wildman–Crippen LogP) is 3.38. The maximum Gasteiger partial charge on any atom is 0.338 e. The average molecular weight is 355 g/mol. The summed E-state index contributed by atoms with van der Waals surface area (Å²) in [4.78, 5) is 30.4. The first-order valence-corrected chi connectivity index (χ1v) is 9.07. The van der Waals surface area contributed by atoms with Crippen molar-refractivity contribution in [3.63, 3.8) is 0 Å². The molecule has 2 aliphatic rings. The van der Waals surface area contributed by atoms with Crippen LogP contribution in [-0.4, -0.2) is 28.6 Å². The number of hydrogen-bond acceptors (Lipinski definition) is 6. The number of nitrogens with zero attached hydrogens (tertiary/aromatic N) is 3. The number of anilines is 1. The second-order valence-corrected chi connectivity index (χ2v) is 6.86. The summed E-state index contributed by atoms with van der Waals surface area (Å²) in [5.41, 5.74) is 1.23. The second kappa shape index (κ2) is 6.90. The number of carbonyl (C=O) groups is 2. The van der Waals surface area contributed by atoms with E-state index in [4.69, 9.17) is 9.26 Å². The number of benzene rings is 1. The van der Waals surface area contributed by atoms with Gasteiger partial charge in [-0.3, -0.25) is 4.79 Å². The first-order valence-electron chi connectivity index (χ1n) is 9.07. The van der Waals surface area contributed by atoms with Crippen LogP contribution in [0.3, 0.4) is 0 Å². The maximum absolute atomic E-state index is 12.3. The van der Waals surface area contributed by atoms with Crippen molar-refractivity contribution in [2.75, 3.05) is 11.4 Å². The Balaban J connectivity index is 1.40. The molecule has 1 aromatic carbocycles. The van der Waals surface area contributed by atoms with Gasteiger partial charge < -0.3 is 14.2 Å². The zero-order valence-corrected chi connectivity index (χ0v) is 14.7. The van der Waals surface area contributed by atoms with Gasteiger partial charge in [-0.2, -0.15) is 4.98 Å². The van der Waals surface area contributed by atoms with Gasteiger partial charge in [-0.1, -0.05) is 5.16 Å². The number of carbonyl (C=O) groups excluding carboxylic acids is 2. The largest absolute Gasteiger partial charge is 0.449 e. The minimum Gasteiger partial charge on any atom is -0.449 e. The van der Waals surface area contributed by atoms with Gasteiger partial charge in [-0.15, -0.1) is 0 Å². The Hall–Kier alpha value is -2.70. The number of piperidine rings is 1. The van der Waals surface area contributed by atoms with E-state index >= 15 is 0 Å². The SMILES string of the molecule is C[C@H](OC(=O)c1ccc(N2CCCCC2=O)cc1)c1nc(C2CC2)no1. The van der Waals surface area contributed by atoms with Crippen LogP contribution in [0.4, 0.5) is 5.69 Å². The summed E-state index contributed by atoms with van der Waals surface area (Å²) >= 11 is 0. The van der Waals surface area contributed by atoms with Crippen molar-refractivity contribution in [1.29, 1.82) is 0 Å². The fourth-order valence-corrected chi connectivity index (χ4v) is 3.06. The molecule has 7 heteroatoms. The molecule has 2 fully saturated rings. The van der Waals surface area contributed by atoms with Crippen molar-refractivity contribution in [2.24, 2.45) is 0 Å². The summed E-state index contributed by atoms with van der Waals surface area (Å²) in [6, 6.07) is 6.91. The van der Waals surface area contributed by atoms with E-state index in [9.17, 15) is 9.59 Å². The van der Waals surface area contributed by atoms with Crippen LogP contribution in [0.1, 0.15) is 73.1 Å². The van der Waals surface area contributed by atoms with Crippen LogP contribution >= 0.6 is 0 Å². The molecule has 1 saturated carbocycles. The molecule has 0 bridgehead atoms. The lowest BCUT2D eigenvalue weighted by Gasteiger charge is -2.26. The summed E-state index contributed by atoms with van der Waals surface area (Å²) in [5.74, 6) is 1.07. The normalized spacial score (nSPS) is 18.7. The Labute approximate surface area is 151 Å². The van der Waals surface area contributed by atoms with Gasteiger partial charge in [0.1, 0.15) is 0 Å². The summed E-state index contributed by atoms with van der Waals surface area (Å²) in [7, 11) is 0. The Morgan fingerprint density at radius 3 is 2.73 bits per heavy atom. The molecule has 1 amide bonds. The smallest absolute Gasteiger partial charge is 0.338 e. The third-order valence-corrected chi connectivity index (χ3v) is 4.77. The van der Waals surface area contributed by atoms with Crippen molar-refractivity contribution in [3.8, 4) is 0 Å². The van der Waals surface area contributed by atoms with Gasteiger partial charge in [-0.05, 0) is 56.9 Å². The van der Waals surface area contributed by atoms with Gasteiger partial charge in [-0.25, -0.2) is 4.79 Å². The van der Waals surface area contributed by atoms with E-state index in [-0.39, 0.29) is 5.91 Å². The fraction of sp³-hybridized carbons (Fsp3) is 0.474. The van der Waals surface area contributed by atoms with Crippen molar-refractivity contribution >= 4 is 17.6 Å². The lowest BCUT2D eigenvalue weighted by molar-refractivity contribution is -0.119. The van der Waals surface area contributed by atoms with Gasteiger partial charge in [0.2, 0.25) is 5.91 Å². The molecule has 7 nitrogen and oxygen atoms in total. The summed E-state index contributed by atoms with van der Waals surface area (Å²) in [6.07, 6.45) is 4.08. The summed E-state index contributed by atoms with van der Waals surface area (Å²) in [5, 5.41) is 3.93. The lowest BCUT2D eigenvalue weighted by atomic mass is 10.1. The van der Waals surface area contributed by atoms with Crippen LogP contribution in [0, 0.1) is 0 Å². The van der Waals surface area contributed by atoms with Crippen molar-refractivity contribution in [3.05, 3.63) is 41.5 Å². The molecule has 26 heavy (non-hydrogen) atoms. The first-order chi connectivity index (χ1) is 12.6. The first kappa shape index (κ1) is 16.8. The number of esters is 1. The van der Waals surface area contributed by atoms with E-state index in [0.717, 1.165) is 37.9 Å². The number of hydrogen-bond donors (Lipinski definition) is 0. The van der Waals surface area contributed by atoms with Crippen LogP contribution in [0.2, 0.25) is 0 Å². The highest BCUT2D eigenvalue weighted by Gasteiger charge is 2.30. The molecular formula is C19H21N3O4. The molecule has 1 aliphatic carbocycles.